The second-order valence-electron chi connectivity index (χ2n) is 10.3. The van der Waals surface area contributed by atoms with Gasteiger partial charge in [-0.15, -0.1) is 6.58 Å². The molecule has 4 saturated heterocycles. The van der Waals surface area contributed by atoms with E-state index in [1.165, 1.54) is 11.0 Å². The first-order valence-corrected chi connectivity index (χ1v) is 12.9. The number of aliphatic hydroxyl groups is 1. The summed E-state index contributed by atoms with van der Waals surface area (Å²) in [5.74, 6) is -2.58. The number of carbonyl (C=O) groups is 3. The largest absolute Gasteiger partial charge is 0.461 e. The summed E-state index contributed by atoms with van der Waals surface area (Å²) in [5, 5.41) is 9.49. The minimum atomic E-state index is -1.10. The van der Waals surface area contributed by atoms with Gasteiger partial charge in [-0.2, -0.15) is 0 Å². The van der Waals surface area contributed by atoms with Crippen LogP contribution in [0.5, 0.6) is 0 Å². The number of ether oxygens (including phenoxy) is 3. The SMILES string of the molecule is C=CCOC(=O)[C@H]1[C@H]2C(=O)N(CCCO)C(C(=O)N(CC=C)CCN3CCOCC3)C23CC[C@]1(C)O3. The fourth-order valence-corrected chi connectivity index (χ4v) is 6.48. The molecule has 4 aliphatic heterocycles. The van der Waals surface area contributed by atoms with Crippen LogP contribution in [0.15, 0.2) is 25.3 Å². The second kappa shape index (κ2) is 11.0. The summed E-state index contributed by atoms with van der Waals surface area (Å²) in [7, 11) is 0. The van der Waals surface area contributed by atoms with Gasteiger partial charge in [0, 0.05) is 45.9 Å². The van der Waals surface area contributed by atoms with Gasteiger partial charge in [0.1, 0.15) is 24.2 Å². The molecule has 36 heavy (non-hydrogen) atoms. The molecule has 0 aromatic carbocycles. The van der Waals surface area contributed by atoms with Crippen LogP contribution in [0.1, 0.15) is 26.2 Å². The van der Waals surface area contributed by atoms with Crippen molar-refractivity contribution in [3.63, 3.8) is 0 Å². The molecule has 2 unspecified atom stereocenters. The van der Waals surface area contributed by atoms with Crippen LogP contribution in [0.3, 0.4) is 0 Å². The lowest BCUT2D eigenvalue weighted by atomic mass is 9.66. The second-order valence-corrected chi connectivity index (χ2v) is 10.3. The van der Waals surface area contributed by atoms with E-state index in [4.69, 9.17) is 14.2 Å². The lowest BCUT2D eigenvalue weighted by Crippen LogP contribution is -2.57. The number of nitrogens with zero attached hydrogens (tertiary/aromatic N) is 3. The third kappa shape index (κ3) is 4.60. The summed E-state index contributed by atoms with van der Waals surface area (Å²) in [4.78, 5) is 46.6. The fourth-order valence-electron chi connectivity index (χ4n) is 6.48. The highest BCUT2D eigenvalue weighted by Crippen LogP contribution is 2.63. The molecule has 2 amide bonds. The average Bonchev–Trinajstić information content (AvgIpc) is 3.44. The van der Waals surface area contributed by atoms with Crippen molar-refractivity contribution in [2.24, 2.45) is 11.8 Å². The maximum Gasteiger partial charge on any atom is 0.313 e. The van der Waals surface area contributed by atoms with Crippen molar-refractivity contribution in [3.8, 4) is 0 Å². The Morgan fingerprint density at radius 1 is 1.22 bits per heavy atom. The van der Waals surface area contributed by atoms with Crippen LogP contribution in [-0.2, 0) is 28.6 Å². The Labute approximate surface area is 212 Å². The molecule has 0 aliphatic carbocycles. The summed E-state index contributed by atoms with van der Waals surface area (Å²) < 4.78 is 17.4. The van der Waals surface area contributed by atoms with Gasteiger partial charge in [-0.1, -0.05) is 18.7 Å². The van der Waals surface area contributed by atoms with E-state index in [1.54, 1.807) is 11.0 Å². The predicted molar refractivity (Wildman–Crippen MR) is 131 cm³/mol. The zero-order valence-corrected chi connectivity index (χ0v) is 21.2. The van der Waals surface area contributed by atoms with Gasteiger partial charge >= 0.3 is 5.97 Å². The third-order valence-electron chi connectivity index (χ3n) is 8.12. The molecule has 0 saturated carbocycles. The number of morpholine rings is 1. The third-order valence-corrected chi connectivity index (χ3v) is 8.12. The molecule has 4 rings (SSSR count). The Bertz CT molecular complexity index is 876. The van der Waals surface area contributed by atoms with Gasteiger partial charge in [-0.25, -0.2) is 0 Å². The number of esters is 1. The van der Waals surface area contributed by atoms with Crippen molar-refractivity contribution in [2.75, 3.05) is 65.7 Å². The van der Waals surface area contributed by atoms with Crippen molar-refractivity contribution >= 4 is 17.8 Å². The zero-order valence-electron chi connectivity index (χ0n) is 21.2. The quantitative estimate of drug-likeness (QED) is 0.296. The molecule has 4 heterocycles. The summed E-state index contributed by atoms with van der Waals surface area (Å²) in [6, 6.07) is -0.870. The Morgan fingerprint density at radius 2 is 1.97 bits per heavy atom. The molecule has 4 aliphatic rings. The highest BCUT2D eigenvalue weighted by molar-refractivity contribution is 5.98. The van der Waals surface area contributed by atoms with E-state index in [9.17, 15) is 19.5 Å². The van der Waals surface area contributed by atoms with Gasteiger partial charge in [0.05, 0.1) is 24.7 Å². The van der Waals surface area contributed by atoms with Crippen molar-refractivity contribution in [1.82, 2.24) is 14.7 Å². The average molecular weight is 506 g/mol. The van der Waals surface area contributed by atoms with Crippen LogP contribution < -0.4 is 0 Å². The fraction of sp³-hybridized carbons (Fsp3) is 0.731. The summed E-state index contributed by atoms with van der Waals surface area (Å²) in [6.45, 7) is 13.9. The monoisotopic (exact) mass is 505 g/mol. The van der Waals surface area contributed by atoms with Gasteiger partial charge in [-0.05, 0) is 26.2 Å². The van der Waals surface area contributed by atoms with Gasteiger partial charge in [0.25, 0.3) is 0 Å². The molecule has 0 aromatic rings. The highest BCUT2D eigenvalue weighted by atomic mass is 16.6. The standard InChI is InChI=1S/C26H39N3O7/c1-4-9-28(12-11-27-13-17-34-18-14-27)23(32)21-26-8-7-25(3,36-26)20(24(33)35-16-5-2)19(26)22(31)29(21)10-6-15-30/h4-5,19-21,30H,1-2,6-18H2,3H3/t19-,20+,21?,25-,26?/m0/s1. The van der Waals surface area contributed by atoms with E-state index in [1.807, 2.05) is 6.92 Å². The first-order valence-electron chi connectivity index (χ1n) is 12.9. The molecular weight excluding hydrogens is 466 g/mol. The number of aliphatic hydroxyl groups excluding tert-OH is 1. The lowest BCUT2D eigenvalue weighted by Gasteiger charge is -2.37. The molecule has 5 atom stereocenters. The van der Waals surface area contributed by atoms with Crippen LogP contribution >= 0.6 is 0 Å². The highest BCUT2D eigenvalue weighted by Gasteiger charge is 2.78. The summed E-state index contributed by atoms with van der Waals surface area (Å²) >= 11 is 0. The molecule has 1 N–H and O–H groups in total. The molecule has 4 fully saturated rings. The first-order chi connectivity index (χ1) is 17.3. The smallest absolute Gasteiger partial charge is 0.313 e. The molecule has 0 aromatic heterocycles. The number of amides is 2. The topological polar surface area (TPSA) is 109 Å². The first kappa shape index (κ1) is 26.8. The summed E-state index contributed by atoms with van der Waals surface area (Å²) in [6.07, 6.45) is 4.56. The van der Waals surface area contributed by atoms with Crippen LogP contribution in [0, 0.1) is 11.8 Å². The number of hydrogen-bond acceptors (Lipinski definition) is 8. The number of rotatable bonds is 12. The molecular formula is C26H39N3O7. The minimum absolute atomic E-state index is 0.0462. The van der Waals surface area contributed by atoms with E-state index in [0.717, 1.165) is 13.1 Å². The van der Waals surface area contributed by atoms with Gasteiger partial charge < -0.3 is 29.1 Å². The molecule has 200 valence electrons. The molecule has 1 spiro atoms. The van der Waals surface area contributed by atoms with Crippen molar-refractivity contribution < 1.29 is 33.7 Å². The van der Waals surface area contributed by atoms with E-state index in [0.29, 0.717) is 52.1 Å². The maximum absolute atomic E-state index is 14.2. The predicted octanol–water partition coefficient (Wildman–Crippen LogP) is 0.210. The van der Waals surface area contributed by atoms with Crippen LogP contribution in [0.2, 0.25) is 0 Å². The maximum atomic E-state index is 14.2. The number of likely N-dealkylation sites (tertiary alicyclic amines) is 1. The summed E-state index contributed by atoms with van der Waals surface area (Å²) in [5.41, 5.74) is -1.98. The number of fused-ring (bicyclic) bond motifs is 1. The van der Waals surface area contributed by atoms with Gasteiger partial charge in [0.15, 0.2) is 0 Å². The van der Waals surface area contributed by atoms with Gasteiger partial charge in [-0.3, -0.25) is 19.3 Å². The Hall–Kier alpha value is -2.27. The van der Waals surface area contributed by atoms with Crippen molar-refractivity contribution in [1.29, 1.82) is 0 Å². The Balaban J connectivity index is 1.63. The van der Waals surface area contributed by atoms with Crippen LogP contribution in [0.4, 0.5) is 0 Å². The van der Waals surface area contributed by atoms with Crippen molar-refractivity contribution in [2.45, 2.75) is 43.4 Å². The normalized spacial score (nSPS) is 33.4. The van der Waals surface area contributed by atoms with E-state index < -0.39 is 35.0 Å². The van der Waals surface area contributed by atoms with E-state index in [2.05, 4.69) is 18.1 Å². The van der Waals surface area contributed by atoms with Crippen LogP contribution in [0.25, 0.3) is 0 Å². The molecule has 10 heteroatoms. The Kier molecular flexibility index (Phi) is 8.18. The number of hydrogen-bond donors (Lipinski definition) is 1. The minimum Gasteiger partial charge on any atom is -0.461 e. The van der Waals surface area contributed by atoms with Crippen molar-refractivity contribution in [3.05, 3.63) is 25.3 Å². The zero-order chi connectivity index (χ0) is 25.9. The van der Waals surface area contributed by atoms with Crippen LogP contribution in [-0.4, -0.2) is 121 Å². The van der Waals surface area contributed by atoms with E-state index >= 15 is 0 Å². The lowest BCUT2D eigenvalue weighted by molar-refractivity contribution is -0.159. The molecule has 2 bridgehead atoms. The number of carbonyl (C=O) groups excluding carboxylic acids is 3. The molecule has 10 nitrogen and oxygen atoms in total. The Morgan fingerprint density at radius 3 is 2.64 bits per heavy atom. The van der Waals surface area contributed by atoms with Gasteiger partial charge in [0.2, 0.25) is 11.8 Å². The molecule has 0 radical (unpaired) electrons. The van der Waals surface area contributed by atoms with E-state index in [-0.39, 0.29) is 31.6 Å².